The molecule has 0 spiro atoms. The highest BCUT2D eigenvalue weighted by Gasteiger charge is 2.34. The van der Waals surface area contributed by atoms with E-state index in [0.717, 1.165) is 21.8 Å². The third kappa shape index (κ3) is 6.13. The Bertz CT molecular complexity index is 1370. The minimum absolute atomic E-state index is 0.0767. The molecule has 0 aromatic heterocycles. The van der Waals surface area contributed by atoms with Crippen LogP contribution >= 0.6 is 27.7 Å². The van der Waals surface area contributed by atoms with E-state index in [0.29, 0.717) is 28.4 Å². The van der Waals surface area contributed by atoms with Gasteiger partial charge in [0.15, 0.2) is 0 Å². The highest BCUT2D eigenvalue weighted by Crippen LogP contribution is 2.40. The summed E-state index contributed by atoms with van der Waals surface area (Å²) in [5.74, 6) is -0.984. The van der Waals surface area contributed by atoms with E-state index in [1.165, 1.54) is 0 Å². The van der Waals surface area contributed by atoms with Crippen LogP contribution in [0.15, 0.2) is 105 Å². The van der Waals surface area contributed by atoms with Gasteiger partial charge in [0.25, 0.3) is 5.91 Å². The lowest BCUT2D eigenvalue weighted by Crippen LogP contribution is -2.14. The molecule has 3 aromatic rings. The average Bonchev–Trinajstić information content (AvgIpc) is 3.19. The number of aliphatic hydroxyl groups is 1. The number of aliphatic imine (C=N–C) groups is 1. The standard InChI is InChI=1S/C28H22BrNO5S/c1-2-34-28(33)24-25(31)23(36-27(24)30-26(32)19-11-7-4-8-12-19)16-20-15-21(29)13-14-22(20)35-17-18-9-5-3-6-10-18/h3-16,31H,2,17H2,1H3/b23-16-,30-27?. The van der Waals surface area contributed by atoms with Gasteiger partial charge < -0.3 is 14.6 Å². The van der Waals surface area contributed by atoms with Gasteiger partial charge in [0.1, 0.15) is 28.7 Å². The minimum atomic E-state index is -0.750. The number of rotatable bonds is 7. The molecular weight excluding hydrogens is 542 g/mol. The van der Waals surface area contributed by atoms with E-state index >= 15 is 0 Å². The molecule has 1 aliphatic rings. The molecule has 8 heteroatoms. The number of aliphatic hydroxyl groups excluding tert-OH is 1. The summed E-state index contributed by atoms with van der Waals surface area (Å²) in [7, 11) is 0. The van der Waals surface area contributed by atoms with Gasteiger partial charge in [-0.15, -0.1) is 0 Å². The van der Waals surface area contributed by atoms with Crippen molar-refractivity contribution in [3.8, 4) is 5.75 Å². The highest BCUT2D eigenvalue weighted by atomic mass is 79.9. The number of thioether (sulfide) groups is 1. The lowest BCUT2D eigenvalue weighted by atomic mass is 10.1. The van der Waals surface area contributed by atoms with Gasteiger partial charge in [-0.05, 0) is 48.9 Å². The summed E-state index contributed by atoms with van der Waals surface area (Å²) < 4.78 is 12.0. The normalized spacial score (nSPS) is 15.4. The van der Waals surface area contributed by atoms with Crippen molar-refractivity contribution in [2.45, 2.75) is 13.5 Å². The van der Waals surface area contributed by atoms with Crippen molar-refractivity contribution in [1.82, 2.24) is 0 Å². The van der Waals surface area contributed by atoms with Crippen LogP contribution in [0, 0.1) is 0 Å². The maximum absolute atomic E-state index is 12.7. The zero-order valence-corrected chi connectivity index (χ0v) is 21.7. The van der Waals surface area contributed by atoms with Gasteiger partial charge in [0.05, 0.1) is 11.5 Å². The maximum Gasteiger partial charge on any atom is 0.344 e. The fourth-order valence-corrected chi connectivity index (χ4v) is 4.75. The molecule has 1 heterocycles. The number of hydrogen-bond acceptors (Lipinski definition) is 6. The molecule has 0 radical (unpaired) electrons. The smallest absolute Gasteiger partial charge is 0.344 e. The molecule has 0 saturated heterocycles. The number of carbonyl (C=O) groups is 2. The first-order chi connectivity index (χ1) is 17.5. The van der Waals surface area contributed by atoms with Crippen molar-refractivity contribution in [3.63, 3.8) is 0 Å². The summed E-state index contributed by atoms with van der Waals surface area (Å²) >= 11 is 4.50. The number of esters is 1. The van der Waals surface area contributed by atoms with Crippen LogP contribution in [0.5, 0.6) is 5.75 Å². The Hall–Kier alpha value is -3.62. The van der Waals surface area contributed by atoms with E-state index in [9.17, 15) is 14.7 Å². The quantitative estimate of drug-likeness (QED) is 0.321. The Kier molecular flexibility index (Phi) is 8.40. The van der Waals surface area contributed by atoms with Crippen molar-refractivity contribution in [3.05, 3.63) is 116 Å². The van der Waals surface area contributed by atoms with Crippen LogP contribution in [0.1, 0.15) is 28.4 Å². The minimum Gasteiger partial charge on any atom is -0.506 e. The summed E-state index contributed by atoms with van der Waals surface area (Å²) in [5.41, 5.74) is 1.91. The number of amides is 1. The average molecular weight is 564 g/mol. The van der Waals surface area contributed by atoms with Crippen LogP contribution in [0.25, 0.3) is 6.08 Å². The Labute approximate surface area is 221 Å². The Morgan fingerprint density at radius 2 is 1.72 bits per heavy atom. The fourth-order valence-electron chi connectivity index (χ4n) is 3.37. The molecule has 1 aliphatic heterocycles. The molecule has 1 amide bonds. The first-order valence-electron chi connectivity index (χ1n) is 11.1. The van der Waals surface area contributed by atoms with Crippen molar-refractivity contribution < 1.29 is 24.2 Å². The monoisotopic (exact) mass is 563 g/mol. The lowest BCUT2D eigenvalue weighted by molar-refractivity contribution is -0.138. The van der Waals surface area contributed by atoms with E-state index in [4.69, 9.17) is 9.47 Å². The predicted molar refractivity (Wildman–Crippen MR) is 145 cm³/mol. The molecule has 182 valence electrons. The summed E-state index contributed by atoms with van der Waals surface area (Å²) in [6.07, 6.45) is 1.69. The van der Waals surface area contributed by atoms with Gasteiger partial charge in [0, 0.05) is 15.6 Å². The summed E-state index contributed by atoms with van der Waals surface area (Å²) in [6.45, 7) is 2.14. The first kappa shape index (κ1) is 25.5. The Morgan fingerprint density at radius 1 is 1.03 bits per heavy atom. The SMILES string of the molecule is CCOC(=O)C1=C(O)/C(=C/c2cc(Br)ccc2OCc2ccccc2)SC1=NC(=O)c1ccccc1. The van der Waals surface area contributed by atoms with Crippen molar-refractivity contribution in [1.29, 1.82) is 0 Å². The van der Waals surface area contributed by atoms with E-state index in [1.807, 2.05) is 48.5 Å². The molecule has 0 bridgehead atoms. The molecule has 1 N–H and O–H groups in total. The summed E-state index contributed by atoms with van der Waals surface area (Å²) in [4.78, 5) is 29.8. The third-order valence-corrected chi connectivity index (χ3v) is 6.60. The molecule has 0 saturated carbocycles. The maximum atomic E-state index is 12.7. The Morgan fingerprint density at radius 3 is 2.42 bits per heavy atom. The largest absolute Gasteiger partial charge is 0.506 e. The summed E-state index contributed by atoms with van der Waals surface area (Å²) in [6, 6.07) is 23.8. The van der Waals surface area contributed by atoms with Gasteiger partial charge in [-0.3, -0.25) is 4.79 Å². The second-order valence-electron chi connectivity index (χ2n) is 7.60. The van der Waals surface area contributed by atoms with Gasteiger partial charge >= 0.3 is 5.97 Å². The molecule has 6 nitrogen and oxygen atoms in total. The number of benzene rings is 3. The number of carbonyl (C=O) groups excluding carboxylic acids is 2. The van der Waals surface area contributed by atoms with E-state index < -0.39 is 11.9 Å². The lowest BCUT2D eigenvalue weighted by Gasteiger charge is -2.11. The van der Waals surface area contributed by atoms with Crippen molar-refractivity contribution >= 4 is 50.7 Å². The third-order valence-electron chi connectivity index (χ3n) is 5.09. The molecule has 4 rings (SSSR count). The fraction of sp³-hybridized carbons (Fsp3) is 0.107. The zero-order chi connectivity index (χ0) is 25.5. The van der Waals surface area contributed by atoms with Gasteiger partial charge in [0.2, 0.25) is 0 Å². The number of nitrogens with zero attached hydrogens (tertiary/aromatic N) is 1. The molecule has 0 fully saturated rings. The zero-order valence-electron chi connectivity index (χ0n) is 19.3. The summed E-state index contributed by atoms with van der Waals surface area (Å²) in [5, 5.41) is 11.1. The van der Waals surface area contributed by atoms with Crippen LogP contribution in [-0.2, 0) is 16.1 Å². The van der Waals surface area contributed by atoms with E-state index in [2.05, 4.69) is 20.9 Å². The molecular formula is C28H22BrNO5S. The van der Waals surface area contributed by atoms with Crippen LogP contribution in [0.4, 0.5) is 0 Å². The van der Waals surface area contributed by atoms with Crippen LogP contribution in [0.2, 0.25) is 0 Å². The number of halogens is 1. The van der Waals surface area contributed by atoms with Crippen LogP contribution in [-0.4, -0.2) is 28.6 Å². The Balaban J connectivity index is 1.69. The van der Waals surface area contributed by atoms with E-state index in [-0.39, 0.29) is 23.0 Å². The first-order valence-corrected chi connectivity index (χ1v) is 12.7. The molecule has 0 aliphatic carbocycles. The second-order valence-corrected chi connectivity index (χ2v) is 9.55. The molecule has 36 heavy (non-hydrogen) atoms. The van der Waals surface area contributed by atoms with E-state index in [1.54, 1.807) is 43.3 Å². The van der Waals surface area contributed by atoms with Crippen LogP contribution < -0.4 is 4.74 Å². The predicted octanol–water partition coefficient (Wildman–Crippen LogP) is 6.73. The van der Waals surface area contributed by atoms with Crippen molar-refractivity contribution in [2.75, 3.05) is 6.61 Å². The highest BCUT2D eigenvalue weighted by molar-refractivity contribution is 9.10. The van der Waals surface area contributed by atoms with Crippen LogP contribution in [0.3, 0.4) is 0 Å². The molecule has 0 unspecified atom stereocenters. The molecule has 3 aromatic carbocycles. The second kappa shape index (κ2) is 11.9. The number of hydrogen-bond donors (Lipinski definition) is 1. The number of ether oxygens (including phenoxy) is 2. The van der Waals surface area contributed by atoms with Gasteiger partial charge in [-0.2, -0.15) is 0 Å². The topological polar surface area (TPSA) is 85.2 Å². The van der Waals surface area contributed by atoms with Gasteiger partial charge in [-0.1, -0.05) is 76.2 Å². The van der Waals surface area contributed by atoms with Crippen molar-refractivity contribution in [2.24, 2.45) is 4.99 Å². The molecule has 0 atom stereocenters. The van der Waals surface area contributed by atoms with Gasteiger partial charge in [-0.25, -0.2) is 9.79 Å².